The molecule has 100 valence electrons. The lowest BCUT2D eigenvalue weighted by Crippen LogP contribution is -2.04. The fourth-order valence-electron chi connectivity index (χ4n) is 1.45. The van der Waals surface area contributed by atoms with E-state index in [1.165, 1.54) is 0 Å². The first kappa shape index (κ1) is 13.5. The molecule has 0 saturated carbocycles. The maximum absolute atomic E-state index is 13.6. The maximum atomic E-state index is 13.6. The zero-order chi connectivity index (χ0) is 14.0. The van der Waals surface area contributed by atoms with Gasteiger partial charge in [0.1, 0.15) is 11.6 Å². The summed E-state index contributed by atoms with van der Waals surface area (Å²) in [4.78, 5) is 11.4. The van der Waals surface area contributed by atoms with Gasteiger partial charge in [0.2, 0.25) is 0 Å². The molecule has 1 aromatic heterocycles. The van der Waals surface area contributed by atoms with Crippen molar-refractivity contribution >= 4 is 17.6 Å². The molecule has 0 aliphatic rings. The van der Waals surface area contributed by atoms with Crippen LogP contribution in [0.25, 0.3) is 11.3 Å². The Balaban J connectivity index is 2.44. The molecule has 0 aliphatic heterocycles. The molecule has 19 heavy (non-hydrogen) atoms. The van der Waals surface area contributed by atoms with Crippen molar-refractivity contribution in [2.24, 2.45) is 0 Å². The summed E-state index contributed by atoms with van der Waals surface area (Å²) in [5, 5.41) is 2.99. The number of hydrogen-bond acceptors (Lipinski definition) is 4. The smallest absolute Gasteiger partial charge is 0.360 e. The highest BCUT2D eigenvalue weighted by molar-refractivity contribution is 6.33. The average molecular weight is 288 g/mol. The van der Waals surface area contributed by atoms with Crippen molar-refractivity contribution in [3.63, 3.8) is 0 Å². The summed E-state index contributed by atoms with van der Waals surface area (Å²) >= 11 is 5.66. The first-order valence-corrected chi connectivity index (χ1v) is 5.70. The summed E-state index contributed by atoms with van der Waals surface area (Å²) < 4.78 is 36.4. The highest BCUT2D eigenvalue weighted by Gasteiger charge is 2.21. The molecule has 0 amide bonds. The van der Waals surface area contributed by atoms with E-state index in [0.29, 0.717) is 0 Å². The quantitative estimate of drug-likeness (QED) is 0.641. The van der Waals surface area contributed by atoms with Crippen molar-refractivity contribution in [1.29, 1.82) is 0 Å². The van der Waals surface area contributed by atoms with Crippen LogP contribution in [0.4, 0.5) is 8.78 Å². The molecule has 1 heterocycles. The van der Waals surface area contributed by atoms with Gasteiger partial charge in [-0.15, -0.1) is 0 Å². The Morgan fingerprint density at radius 1 is 1.42 bits per heavy atom. The van der Waals surface area contributed by atoms with E-state index in [1.807, 2.05) is 0 Å². The summed E-state index contributed by atoms with van der Waals surface area (Å²) in [6, 6.07) is 2.94. The zero-order valence-electron chi connectivity index (χ0n) is 9.75. The first-order valence-electron chi connectivity index (χ1n) is 5.32. The van der Waals surface area contributed by atoms with Crippen molar-refractivity contribution in [3.05, 3.63) is 40.6 Å². The highest BCUT2D eigenvalue weighted by atomic mass is 35.5. The van der Waals surface area contributed by atoms with Gasteiger partial charge in [0.15, 0.2) is 11.5 Å². The van der Waals surface area contributed by atoms with Gasteiger partial charge in [-0.05, 0) is 19.1 Å². The average Bonchev–Trinajstić information content (AvgIpc) is 2.84. The molecule has 4 nitrogen and oxygen atoms in total. The van der Waals surface area contributed by atoms with Crippen LogP contribution in [-0.4, -0.2) is 17.7 Å². The Bertz CT molecular complexity index is 627. The number of aromatic nitrogens is 1. The van der Waals surface area contributed by atoms with Gasteiger partial charge in [-0.2, -0.15) is 0 Å². The van der Waals surface area contributed by atoms with Crippen LogP contribution in [0.3, 0.4) is 0 Å². The molecule has 0 bridgehead atoms. The van der Waals surface area contributed by atoms with Crippen LogP contribution >= 0.6 is 11.6 Å². The van der Waals surface area contributed by atoms with Crippen LogP contribution in [-0.2, 0) is 4.74 Å². The van der Waals surface area contributed by atoms with Crippen molar-refractivity contribution < 1.29 is 22.8 Å². The largest absolute Gasteiger partial charge is 0.461 e. The van der Waals surface area contributed by atoms with E-state index in [0.717, 1.165) is 18.2 Å². The molecule has 0 atom stereocenters. The predicted octanol–water partition coefficient (Wildman–Crippen LogP) is 3.45. The summed E-state index contributed by atoms with van der Waals surface area (Å²) in [5.41, 5.74) is -0.429. The van der Waals surface area contributed by atoms with Gasteiger partial charge in [0.25, 0.3) is 0 Å². The molecule has 2 rings (SSSR count). The van der Waals surface area contributed by atoms with Crippen LogP contribution < -0.4 is 0 Å². The van der Waals surface area contributed by atoms with Gasteiger partial charge in [-0.25, -0.2) is 13.6 Å². The lowest BCUT2D eigenvalue weighted by atomic mass is 10.1. The molecule has 0 radical (unpaired) electrons. The van der Waals surface area contributed by atoms with Crippen LogP contribution in [0, 0.1) is 11.6 Å². The van der Waals surface area contributed by atoms with Gasteiger partial charge < -0.3 is 9.26 Å². The second-order valence-corrected chi connectivity index (χ2v) is 3.89. The van der Waals surface area contributed by atoms with Gasteiger partial charge in [-0.1, -0.05) is 16.8 Å². The first-order chi connectivity index (χ1) is 9.04. The number of halogens is 3. The number of carbonyl (C=O) groups excluding carboxylic acids is 1. The van der Waals surface area contributed by atoms with E-state index < -0.39 is 22.6 Å². The number of hydrogen-bond donors (Lipinski definition) is 0. The summed E-state index contributed by atoms with van der Waals surface area (Å²) in [5.74, 6) is -2.44. The molecule has 1 aromatic carbocycles. The molecule has 0 aliphatic carbocycles. The van der Waals surface area contributed by atoms with Gasteiger partial charge in [0.05, 0.1) is 17.2 Å². The number of esters is 1. The van der Waals surface area contributed by atoms with Crippen molar-refractivity contribution in [2.45, 2.75) is 6.92 Å². The molecule has 2 aromatic rings. The monoisotopic (exact) mass is 287 g/mol. The molecular formula is C12H8ClF2NO3. The molecule has 0 spiro atoms. The molecule has 0 unspecified atom stereocenters. The summed E-state index contributed by atoms with van der Waals surface area (Å²) in [7, 11) is 0. The molecule has 7 heteroatoms. The van der Waals surface area contributed by atoms with E-state index >= 15 is 0 Å². The summed E-state index contributed by atoms with van der Waals surface area (Å²) in [6.45, 7) is 1.79. The van der Waals surface area contributed by atoms with Crippen molar-refractivity contribution in [1.82, 2.24) is 5.16 Å². The fourth-order valence-corrected chi connectivity index (χ4v) is 1.69. The van der Waals surface area contributed by atoms with E-state index in [-0.39, 0.29) is 23.6 Å². The Morgan fingerprint density at radius 2 is 2.11 bits per heavy atom. The minimum absolute atomic E-state index is 0.142. The standard InChI is InChI=1S/C12H8ClF2NO3/c1-2-18-12(17)8-5-9(19-16-8)10-6(14)3-4-7(15)11(10)13/h3-5H,2H2,1H3. The number of benzene rings is 1. The number of carbonyl (C=O) groups is 1. The normalized spacial score (nSPS) is 10.5. The number of nitrogens with zero attached hydrogens (tertiary/aromatic N) is 1. The van der Waals surface area contributed by atoms with Gasteiger partial charge in [-0.3, -0.25) is 0 Å². The van der Waals surface area contributed by atoms with Crippen LogP contribution in [0.1, 0.15) is 17.4 Å². The Morgan fingerprint density at radius 3 is 2.79 bits per heavy atom. The minimum atomic E-state index is -0.799. The SMILES string of the molecule is CCOC(=O)c1cc(-c2c(F)ccc(F)c2Cl)on1. The second-order valence-electron chi connectivity index (χ2n) is 3.52. The molecular weight excluding hydrogens is 280 g/mol. The highest BCUT2D eigenvalue weighted by Crippen LogP contribution is 2.33. The predicted molar refractivity (Wildman–Crippen MR) is 62.8 cm³/mol. The number of ether oxygens (including phenoxy) is 1. The van der Waals surface area contributed by atoms with E-state index in [4.69, 9.17) is 20.9 Å². The van der Waals surface area contributed by atoms with Gasteiger partial charge in [0, 0.05) is 6.07 Å². The lowest BCUT2D eigenvalue weighted by molar-refractivity contribution is 0.0514. The third kappa shape index (κ3) is 2.58. The van der Waals surface area contributed by atoms with Crippen LogP contribution in [0.5, 0.6) is 0 Å². The van der Waals surface area contributed by atoms with Crippen LogP contribution in [0.15, 0.2) is 22.7 Å². The third-order valence-corrected chi connectivity index (χ3v) is 2.65. The second kappa shape index (κ2) is 5.36. The maximum Gasteiger partial charge on any atom is 0.360 e. The Kier molecular flexibility index (Phi) is 3.80. The topological polar surface area (TPSA) is 52.3 Å². The van der Waals surface area contributed by atoms with Crippen LogP contribution in [0.2, 0.25) is 5.02 Å². The Hall–Kier alpha value is -1.95. The van der Waals surface area contributed by atoms with E-state index in [9.17, 15) is 13.6 Å². The molecule has 0 fully saturated rings. The van der Waals surface area contributed by atoms with Gasteiger partial charge >= 0.3 is 5.97 Å². The Labute approximate surface area is 111 Å². The molecule has 0 N–H and O–H groups in total. The fraction of sp³-hybridized carbons (Fsp3) is 0.167. The van der Waals surface area contributed by atoms with E-state index in [1.54, 1.807) is 6.92 Å². The zero-order valence-corrected chi connectivity index (χ0v) is 10.5. The van der Waals surface area contributed by atoms with E-state index in [2.05, 4.69) is 5.16 Å². The molecule has 0 saturated heterocycles. The van der Waals surface area contributed by atoms with Crippen molar-refractivity contribution in [2.75, 3.05) is 6.61 Å². The van der Waals surface area contributed by atoms with Crippen molar-refractivity contribution in [3.8, 4) is 11.3 Å². The summed E-state index contributed by atoms with van der Waals surface area (Å²) in [6.07, 6.45) is 0. The minimum Gasteiger partial charge on any atom is -0.461 e. The lowest BCUT2D eigenvalue weighted by Gasteiger charge is -2.02. The number of rotatable bonds is 3. The third-order valence-electron chi connectivity index (χ3n) is 2.29.